The van der Waals surface area contributed by atoms with E-state index in [4.69, 9.17) is 44.3 Å². The lowest BCUT2D eigenvalue weighted by Gasteiger charge is -2.14. The Balaban J connectivity index is 1.84. The average molecular weight is 513 g/mol. The summed E-state index contributed by atoms with van der Waals surface area (Å²) in [6, 6.07) is 18.7. The Kier molecular flexibility index (Phi) is 8.40. The van der Waals surface area contributed by atoms with E-state index in [2.05, 4.69) is 11.4 Å². The highest BCUT2D eigenvalue weighted by molar-refractivity contribution is 6.42. The maximum Gasteiger partial charge on any atom is 0.266 e. The van der Waals surface area contributed by atoms with Gasteiger partial charge in [-0.1, -0.05) is 53.0 Å². The largest absolute Gasteiger partial charge is 0.493 e. The Morgan fingerprint density at radius 2 is 1.79 bits per heavy atom. The Hall–Kier alpha value is -3.68. The molecule has 1 amide bonds. The molecule has 0 aliphatic rings. The van der Waals surface area contributed by atoms with Crippen molar-refractivity contribution in [2.45, 2.75) is 6.61 Å². The molecule has 0 saturated heterocycles. The second-order valence-electron chi connectivity index (χ2n) is 6.84. The third-order valence-corrected chi connectivity index (χ3v) is 5.63. The van der Waals surface area contributed by atoms with Crippen molar-refractivity contribution in [3.63, 3.8) is 0 Å². The molecule has 0 radical (unpaired) electrons. The molecular weight excluding hydrogens is 497 g/mol. The highest BCUT2D eigenvalue weighted by atomic mass is 35.5. The van der Waals surface area contributed by atoms with Crippen molar-refractivity contribution in [1.29, 1.82) is 10.5 Å². The zero-order valence-electron chi connectivity index (χ0n) is 17.7. The standard InChI is InChI=1S/C25H16Cl3N3O3/c1-33-23-10-15(8-18(13-30)25(32)31-19-6-7-20(26)21(27)11-19)9-22(28)24(23)34-14-17-5-3-2-4-16(17)12-29/h2-11H,14H2,1H3,(H,31,32)/b18-8+. The van der Waals surface area contributed by atoms with Gasteiger partial charge in [0.05, 0.1) is 33.8 Å². The maximum absolute atomic E-state index is 12.6. The first kappa shape index (κ1) is 25.0. The first-order chi connectivity index (χ1) is 16.4. The third-order valence-electron chi connectivity index (χ3n) is 4.62. The smallest absolute Gasteiger partial charge is 0.266 e. The third kappa shape index (κ3) is 6.01. The zero-order chi connectivity index (χ0) is 24.7. The number of ether oxygens (including phenoxy) is 2. The number of halogens is 3. The molecule has 0 fully saturated rings. The SMILES string of the molecule is COc1cc(/C=C(\C#N)C(=O)Nc2ccc(Cl)c(Cl)c2)cc(Cl)c1OCc1ccccc1C#N. The van der Waals surface area contributed by atoms with Crippen LogP contribution in [0.1, 0.15) is 16.7 Å². The van der Waals surface area contributed by atoms with Crippen LogP contribution in [-0.4, -0.2) is 13.0 Å². The van der Waals surface area contributed by atoms with Crippen LogP contribution in [0.3, 0.4) is 0 Å². The number of hydrogen-bond donors (Lipinski definition) is 1. The van der Waals surface area contributed by atoms with E-state index >= 15 is 0 Å². The molecule has 34 heavy (non-hydrogen) atoms. The molecule has 0 heterocycles. The van der Waals surface area contributed by atoms with Crippen molar-refractivity contribution in [3.05, 3.63) is 91.9 Å². The predicted molar refractivity (Wildman–Crippen MR) is 132 cm³/mol. The number of hydrogen-bond acceptors (Lipinski definition) is 5. The number of nitrogens with zero attached hydrogens (tertiary/aromatic N) is 2. The minimum atomic E-state index is -0.635. The molecule has 3 rings (SSSR count). The number of rotatable bonds is 7. The first-order valence-electron chi connectivity index (χ1n) is 9.72. The van der Waals surface area contributed by atoms with Gasteiger partial charge in [-0.25, -0.2) is 0 Å². The van der Waals surface area contributed by atoms with Gasteiger partial charge >= 0.3 is 0 Å². The van der Waals surface area contributed by atoms with Crippen LogP contribution in [-0.2, 0) is 11.4 Å². The lowest BCUT2D eigenvalue weighted by molar-refractivity contribution is -0.112. The van der Waals surface area contributed by atoms with Crippen LogP contribution in [0.2, 0.25) is 15.1 Å². The van der Waals surface area contributed by atoms with Gasteiger partial charge in [-0.3, -0.25) is 4.79 Å². The van der Waals surface area contributed by atoms with Gasteiger partial charge in [0, 0.05) is 11.3 Å². The van der Waals surface area contributed by atoms with Crippen molar-refractivity contribution >= 4 is 52.5 Å². The number of anilines is 1. The summed E-state index contributed by atoms with van der Waals surface area (Å²) in [5, 5.41) is 22.2. The number of carbonyl (C=O) groups is 1. The molecule has 0 unspecified atom stereocenters. The van der Waals surface area contributed by atoms with E-state index in [1.165, 1.54) is 25.3 Å². The van der Waals surface area contributed by atoms with E-state index < -0.39 is 5.91 Å². The summed E-state index contributed by atoms with van der Waals surface area (Å²) < 4.78 is 11.2. The molecule has 9 heteroatoms. The molecule has 0 spiro atoms. The zero-order valence-corrected chi connectivity index (χ0v) is 20.0. The van der Waals surface area contributed by atoms with Crippen molar-refractivity contribution in [3.8, 4) is 23.6 Å². The quantitative estimate of drug-likeness (QED) is 0.282. The summed E-state index contributed by atoms with van der Waals surface area (Å²) in [7, 11) is 1.44. The molecule has 170 valence electrons. The molecule has 0 aliphatic carbocycles. The number of nitrogens with one attached hydrogen (secondary N) is 1. The Labute approximate surface area is 211 Å². The van der Waals surface area contributed by atoms with E-state index in [0.29, 0.717) is 33.1 Å². The van der Waals surface area contributed by atoms with Crippen molar-refractivity contribution in [1.82, 2.24) is 0 Å². The normalized spacial score (nSPS) is 10.7. The van der Waals surface area contributed by atoms with Gasteiger partial charge in [-0.05, 0) is 48.0 Å². The molecular formula is C25H16Cl3N3O3. The molecule has 0 saturated carbocycles. The minimum absolute atomic E-state index is 0.102. The van der Waals surface area contributed by atoms with Crippen molar-refractivity contribution in [2.24, 2.45) is 0 Å². The summed E-state index contributed by atoms with van der Waals surface area (Å²) in [4.78, 5) is 12.6. The second-order valence-corrected chi connectivity index (χ2v) is 8.07. The van der Waals surface area contributed by atoms with Gasteiger partial charge in [0.1, 0.15) is 18.2 Å². The lowest BCUT2D eigenvalue weighted by Crippen LogP contribution is -2.13. The van der Waals surface area contributed by atoms with Crippen LogP contribution < -0.4 is 14.8 Å². The fourth-order valence-corrected chi connectivity index (χ4v) is 3.53. The topological polar surface area (TPSA) is 95.1 Å². The summed E-state index contributed by atoms with van der Waals surface area (Å²) in [6.45, 7) is 0.102. The van der Waals surface area contributed by atoms with Crippen molar-refractivity contribution in [2.75, 3.05) is 12.4 Å². The van der Waals surface area contributed by atoms with Gasteiger partial charge in [-0.2, -0.15) is 10.5 Å². The molecule has 0 bridgehead atoms. The van der Waals surface area contributed by atoms with Crippen LogP contribution in [0, 0.1) is 22.7 Å². The monoisotopic (exact) mass is 511 g/mol. The second kappa shape index (κ2) is 11.4. The maximum atomic E-state index is 12.6. The fourth-order valence-electron chi connectivity index (χ4n) is 2.96. The number of amides is 1. The van der Waals surface area contributed by atoms with Crippen LogP contribution in [0.4, 0.5) is 5.69 Å². The Morgan fingerprint density at radius 3 is 2.47 bits per heavy atom. The highest BCUT2D eigenvalue weighted by Crippen LogP contribution is 2.37. The Bertz CT molecular complexity index is 1360. The van der Waals surface area contributed by atoms with Gasteiger partial charge in [0.2, 0.25) is 0 Å². The summed E-state index contributed by atoms with van der Waals surface area (Å²) in [5.41, 5.74) is 1.85. The number of nitriles is 2. The lowest BCUT2D eigenvalue weighted by atomic mass is 10.1. The molecule has 3 aromatic carbocycles. The Morgan fingerprint density at radius 1 is 1.03 bits per heavy atom. The fraction of sp³-hybridized carbons (Fsp3) is 0.0800. The molecule has 0 atom stereocenters. The first-order valence-corrected chi connectivity index (χ1v) is 10.9. The van der Waals surface area contributed by atoms with Gasteiger partial charge in [-0.15, -0.1) is 0 Å². The van der Waals surface area contributed by atoms with E-state index in [9.17, 15) is 15.3 Å². The van der Waals surface area contributed by atoms with Crippen LogP contribution in [0.25, 0.3) is 6.08 Å². The van der Waals surface area contributed by atoms with E-state index in [1.807, 2.05) is 6.07 Å². The summed E-state index contributed by atoms with van der Waals surface area (Å²) >= 11 is 18.3. The average Bonchev–Trinajstić information content (AvgIpc) is 2.83. The van der Waals surface area contributed by atoms with E-state index in [1.54, 1.807) is 42.5 Å². The van der Waals surface area contributed by atoms with Gasteiger partial charge in [0.15, 0.2) is 11.5 Å². The molecule has 0 aliphatic heterocycles. The van der Waals surface area contributed by atoms with Crippen LogP contribution in [0.5, 0.6) is 11.5 Å². The van der Waals surface area contributed by atoms with Crippen LogP contribution >= 0.6 is 34.8 Å². The van der Waals surface area contributed by atoms with Gasteiger partial charge < -0.3 is 14.8 Å². The summed E-state index contributed by atoms with van der Waals surface area (Å²) in [6.07, 6.45) is 1.37. The van der Waals surface area contributed by atoms with Crippen LogP contribution in [0.15, 0.2) is 60.2 Å². The highest BCUT2D eigenvalue weighted by Gasteiger charge is 2.15. The molecule has 6 nitrogen and oxygen atoms in total. The minimum Gasteiger partial charge on any atom is -0.493 e. The van der Waals surface area contributed by atoms with E-state index in [-0.39, 0.29) is 28.0 Å². The number of methoxy groups -OCH3 is 1. The van der Waals surface area contributed by atoms with Crippen molar-refractivity contribution < 1.29 is 14.3 Å². The predicted octanol–water partition coefficient (Wildman–Crippen LogP) is 6.65. The number of benzene rings is 3. The van der Waals surface area contributed by atoms with Gasteiger partial charge in [0.25, 0.3) is 5.91 Å². The summed E-state index contributed by atoms with van der Waals surface area (Å²) in [5.74, 6) is -0.0624. The molecule has 1 N–H and O–H groups in total. The van der Waals surface area contributed by atoms with E-state index in [0.717, 1.165) is 0 Å². The molecule has 3 aromatic rings. The molecule has 0 aromatic heterocycles. The number of carbonyl (C=O) groups excluding carboxylic acids is 1.